The summed E-state index contributed by atoms with van der Waals surface area (Å²) in [5.74, 6) is 0.123. The molecule has 2 unspecified atom stereocenters. The predicted molar refractivity (Wildman–Crippen MR) is 55.7 cm³/mol. The van der Waals surface area contributed by atoms with Gasteiger partial charge >= 0.3 is 0 Å². The van der Waals surface area contributed by atoms with Crippen LogP contribution in [0.25, 0.3) is 0 Å². The van der Waals surface area contributed by atoms with E-state index in [1.54, 1.807) is 10.9 Å². The van der Waals surface area contributed by atoms with E-state index in [2.05, 4.69) is 5.10 Å². The largest absolute Gasteiger partial charge is 0.388 e. The molecule has 2 atom stereocenters. The number of hydrogen-bond acceptors (Lipinski definition) is 3. The quantitative estimate of drug-likeness (QED) is 0.748. The number of nitrogens with zero attached hydrogens (tertiary/aromatic N) is 2. The number of aryl methyl sites for hydroxylation is 1. The molecular weight excluding hydrogens is 178 g/mol. The Morgan fingerprint density at radius 1 is 1.64 bits per heavy atom. The van der Waals surface area contributed by atoms with Gasteiger partial charge in [-0.25, -0.2) is 0 Å². The van der Waals surface area contributed by atoms with E-state index in [9.17, 15) is 5.11 Å². The molecule has 80 valence electrons. The van der Waals surface area contributed by atoms with Crippen molar-refractivity contribution in [3.05, 3.63) is 17.5 Å². The summed E-state index contributed by atoms with van der Waals surface area (Å²) in [5, 5.41) is 14.1. The molecule has 0 aliphatic carbocycles. The van der Waals surface area contributed by atoms with Gasteiger partial charge in [0.15, 0.2) is 0 Å². The number of aromatic nitrogens is 2. The first kappa shape index (κ1) is 11.2. The van der Waals surface area contributed by atoms with E-state index < -0.39 is 6.10 Å². The molecule has 0 aromatic carbocycles. The molecule has 1 aromatic rings. The van der Waals surface area contributed by atoms with Crippen molar-refractivity contribution in [2.75, 3.05) is 6.54 Å². The summed E-state index contributed by atoms with van der Waals surface area (Å²) in [5.41, 5.74) is 7.49. The van der Waals surface area contributed by atoms with E-state index in [0.29, 0.717) is 6.54 Å². The topological polar surface area (TPSA) is 64.1 Å². The lowest BCUT2D eigenvalue weighted by atomic mass is 9.94. The summed E-state index contributed by atoms with van der Waals surface area (Å²) >= 11 is 0. The Balaban J connectivity index is 2.87. The van der Waals surface area contributed by atoms with Crippen LogP contribution in [0, 0.1) is 12.8 Å². The van der Waals surface area contributed by atoms with Crippen molar-refractivity contribution >= 4 is 0 Å². The molecule has 0 spiro atoms. The monoisotopic (exact) mass is 197 g/mol. The van der Waals surface area contributed by atoms with Gasteiger partial charge in [0, 0.05) is 24.2 Å². The van der Waals surface area contributed by atoms with Crippen LogP contribution in [-0.2, 0) is 7.05 Å². The molecule has 0 aliphatic heterocycles. The number of hydrogen-bond donors (Lipinski definition) is 2. The molecule has 14 heavy (non-hydrogen) atoms. The van der Waals surface area contributed by atoms with E-state index in [1.807, 2.05) is 20.9 Å². The molecule has 0 amide bonds. The van der Waals surface area contributed by atoms with Gasteiger partial charge in [0.05, 0.1) is 12.3 Å². The van der Waals surface area contributed by atoms with Crippen molar-refractivity contribution in [3.8, 4) is 0 Å². The molecule has 0 aliphatic rings. The lowest BCUT2D eigenvalue weighted by Gasteiger charge is -2.19. The standard InChI is InChI=1S/C10H19N3O/c1-4-8(5-11)10(14)9-6-12-13(3)7(9)2/h6,8,10,14H,4-5,11H2,1-3H3. The van der Waals surface area contributed by atoms with Gasteiger partial charge in [0.25, 0.3) is 0 Å². The van der Waals surface area contributed by atoms with Crippen LogP contribution in [0.1, 0.15) is 30.7 Å². The number of nitrogens with two attached hydrogens (primary N) is 1. The fourth-order valence-corrected chi connectivity index (χ4v) is 1.58. The first-order chi connectivity index (χ1) is 6.61. The Kier molecular flexibility index (Phi) is 3.66. The molecule has 0 radical (unpaired) electrons. The molecule has 4 heteroatoms. The van der Waals surface area contributed by atoms with E-state index in [0.717, 1.165) is 17.7 Å². The summed E-state index contributed by atoms with van der Waals surface area (Å²) in [6.45, 7) is 4.49. The maximum atomic E-state index is 10.0. The zero-order valence-corrected chi connectivity index (χ0v) is 9.07. The third-order valence-corrected chi connectivity index (χ3v) is 2.87. The molecule has 4 nitrogen and oxygen atoms in total. The van der Waals surface area contributed by atoms with Gasteiger partial charge in [-0.15, -0.1) is 0 Å². The fraction of sp³-hybridized carbons (Fsp3) is 0.700. The van der Waals surface area contributed by atoms with Crippen molar-refractivity contribution in [1.82, 2.24) is 9.78 Å². The van der Waals surface area contributed by atoms with E-state index in [-0.39, 0.29) is 5.92 Å². The second kappa shape index (κ2) is 4.57. The Bertz CT molecular complexity index is 292. The van der Waals surface area contributed by atoms with Crippen LogP contribution in [0.5, 0.6) is 0 Å². The van der Waals surface area contributed by atoms with Crippen molar-refractivity contribution < 1.29 is 5.11 Å². The maximum absolute atomic E-state index is 10.0. The van der Waals surface area contributed by atoms with E-state index in [1.165, 1.54) is 0 Å². The van der Waals surface area contributed by atoms with Crippen LogP contribution >= 0.6 is 0 Å². The van der Waals surface area contributed by atoms with Crippen molar-refractivity contribution in [2.45, 2.75) is 26.4 Å². The van der Waals surface area contributed by atoms with Crippen LogP contribution in [0.15, 0.2) is 6.20 Å². The minimum atomic E-state index is -0.487. The number of aliphatic hydroxyl groups excluding tert-OH is 1. The highest BCUT2D eigenvalue weighted by atomic mass is 16.3. The highest BCUT2D eigenvalue weighted by Gasteiger charge is 2.21. The first-order valence-corrected chi connectivity index (χ1v) is 4.98. The molecule has 0 saturated heterocycles. The van der Waals surface area contributed by atoms with Gasteiger partial charge < -0.3 is 10.8 Å². The number of rotatable bonds is 4. The maximum Gasteiger partial charge on any atom is 0.0863 e. The van der Waals surface area contributed by atoms with E-state index >= 15 is 0 Å². The summed E-state index contributed by atoms with van der Waals surface area (Å²) in [7, 11) is 1.87. The molecule has 1 rings (SSSR count). The Morgan fingerprint density at radius 2 is 2.29 bits per heavy atom. The lowest BCUT2D eigenvalue weighted by Crippen LogP contribution is -2.21. The Labute approximate surface area is 84.7 Å². The predicted octanol–water partition coefficient (Wildman–Crippen LogP) is 0.747. The normalized spacial score (nSPS) is 15.5. The van der Waals surface area contributed by atoms with Crippen molar-refractivity contribution in [1.29, 1.82) is 0 Å². The van der Waals surface area contributed by atoms with Crippen molar-refractivity contribution in [2.24, 2.45) is 18.7 Å². The molecule has 1 heterocycles. The second-order valence-corrected chi connectivity index (χ2v) is 3.66. The van der Waals surface area contributed by atoms with Crippen LogP contribution in [-0.4, -0.2) is 21.4 Å². The molecular formula is C10H19N3O. The van der Waals surface area contributed by atoms with Crippen LogP contribution in [0.2, 0.25) is 0 Å². The molecule has 3 N–H and O–H groups in total. The summed E-state index contributed by atoms with van der Waals surface area (Å²) in [6, 6.07) is 0. The number of aliphatic hydroxyl groups is 1. The van der Waals surface area contributed by atoms with Gasteiger partial charge in [0.1, 0.15) is 0 Å². The third-order valence-electron chi connectivity index (χ3n) is 2.87. The Hall–Kier alpha value is -0.870. The third kappa shape index (κ3) is 1.96. The van der Waals surface area contributed by atoms with E-state index in [4.69, 9.17) is 5.73 Å². The fourth-order valence-electron chi connectivity index (χ4n) is 1.58. The van der Waals surface area contributed by atoms with Crippen molar-refractivity contribution in [3.63, 3.8) is 0 Å². The average molecular weight is 197 g/mol. The SMILES string of the molecule is CCC(CN)C(O)c1cnn(C)c1C. The first-order valence-electron chi connectivity index (χ1n) is 4.98. The van der Waals surface area contributed by atoms with Gasteiger partial charge in [-0.3, -0.25) is 4.68 Å². The van der Waals surface area contributed by atoms with Gasteiger partial charge in [-0.1, -0.05) is 6.92 Å². The molecule has 0 fully saturated rings. The second-order valence-electron chi connectivity index (χ2n) is 3.66. The molecule has 0 bridgehead atoms. The minimum absolute atomic E-state index is 0.123. The summed E-state index contributed by atoms with van der Waals surface area (Å²) in [4.78, 5) is 0. The average Bonchev–Trinajstić information content (AvgIpc) is 2.49. The molecule has 1 aromatic heterocycles. The van der Waals surface area contributed by atoms with Gasteiger partial charge in [0.2, 0.25) is 0 Å². The van der Waals surface area contributed by atoms with Crippen LogP contribution in [0.4, 0.5) is 0 Å². The summed E-state index contributed by atoms with van der Waals surface area (Å²) in [6.07, 6.45) is 2.11. The molecule has 0 saturated carbocycles. The highest BCUT2D eigenvalue weighted by molar-refractivity contribution is 5.19. The lowest BCUT2D eigenvalue weighted by molar-refractivity contribution is 0.109. The smallest absolute Gasteiger partial charge is 0.0863 e. The van der Waals surface area contributed by atoms with Crippen LogP contribution in [0.3, 0.4) is 0 Å². The zero-order valence-electron chi connectivity index (χ0n) is 9.07. The summed E-state index contributed by atoms with van der Waals surface area (Å²) < 4.78 is 1.77. The highest BCUT2D eigenvalue weighted by Crippen LogP contribution is 2.25. The zero-order chi connectivity index (χ0) is 10.7. The van der Waals surface area contributed by atoms with Crippen LogP contribution < -0.4 is 5.73 Å². The van der Waals surface area contributed by atoms with Gasteiger partial charge in [-0.2, -0.15) is 5.10 Å². The minimum Gasteiger partial charge on any atom is -0.388 e. The Morgan fingerprint density at radius 3 is 2.64 bits per heavy atom. The van der Waals surface area contributed by atoms with Gasteiger partial charge in [-0.05, 0) is 19.9 Å².